The zero-order valence-electron chi connectivity index (χ0n) is 9.60. The fraction of sp³-hybridized carbons (Fsp3) is 0.308. The molecule has 1 N–H and O–H groups in total. The average Bonchev–Trinajstić information content (AvgIpc) is 2.81. The Bertz CT molecular complexity index is 437. The third kappa shape index (κ3) is 2.68. The van der Waals surface area contributed by atoms with E-state index in [1.165, 1.54) is 10.4 Å². The molecule has 0 spiro atoms. The van der Waals surface area contributed by atoms with Crippen molar-refractivity contribution >= 4 is 11.3 Å². The van der Waals surface area contributed by atoms with Gasteiger partial charge < -0.3 is 5.32 Å². The first-order valence-electron chi connectivity index (χ1n) is 5.44. The summed E-state index contributed by atoms with van der Waals surface area (Å²) in [6.45, 7) is 5.11. The number of thiophene rings is 1. The van der Waals surface area contributed by atoms with Gasteiger partial charge in [0.2, 0.25) is 0 Å². The Morgan fingerprint density at radius 2 is 2.25 bits per heavy atom. The van der Waals surface area contributed by atoms with Gasteiger partial charge in [0.1, 0.15) is 0 Å². The van der Waals surface area contributed by atoms with Crippen LogP contribution in [0.25, 0.3) is 0 Å². The number of rotatable bonds is 4. The number of hydrogen-bond acceptors (Lipinski definition) is 3. The van der Waals surface area contributed by atoms with Crippen molar-refractivity contribution in [3.63, 3.8) is 0 Å². The number of aromatic nitrogens is 1. The molecule has 2 aromatic heterocycles. The molecule has 0 aliphatic carbocycles. The van der Waals surface area contributed by atoms with E-state index in [4.69, 9.17) is 0 Å². The van der Waals surface area contributed by atoms with Crippen LogP contribution in [0.15, 0.2) is 35.8 Å². The minimum Gasteiger partial charge on any atom is -0.304 e. The highest BCUT2D eigenvalue weighted by atomic mass is 32.1. The highest BCUT2D eigenvalue weighted by Gasteiger charge is 2.06. The Morgan fingerprint density at radius 3 is 2.94 bits per heavy atom. The summed E-state index contributed by atoms with van der Waals surface area (Å²) in [5.41, 5.74) is 2.37. The summed E-state index contributed by atoms with van der Waals surface area (Å²) >= 11 is 1.79. The second-order valence-corrected chi connectivity index (χ2v) is 4.86. The monoisotopic (exact) mass is 232 g/mol. The van der Waals surface area contributed by atoms with Crippen LogP contribution in [-0.4, -0.2) is 4.98 Å². The molecule has 0 bridgehead atoms. The zero-order valence-corrected chi connectivity index (χ0v) is 10.4. The Balaban J connectivity index is 1.95. The second kappa shape index (κ2) is 5.23. The van der Waals surface area contributed by atoms with Gasteiger partial charge in [-0.15, -0.1) is 11.3 Å². The van der Waals surface area contributed by atoms with Crippen LogP contribution < -0.4 is 5.32 Å². The maximum atomic E-state index is 4.37. The fourth-order valence-electron chi connectivity index (χ4n) is 1.59. The molecule has 0 fully saturated rings. The number of hydrogen-bond donors (Lipinski definition) is 1. The Hall–Kier alpha value is -1.19. The molecule has 0 radical (unpaired) electrons. The van der Waals surface area contributed by atoms with Gasteiger partial charge >= 0.3 is 0 Å². The van der Waals surface area contributed by atoms with Crippen molar-refractivity contribution in [3.8, 4) is 0 Å². The lowest BCUT2D eigenvalue weighted by molar-refractivity contribution is 0.574. The van der Waals surface area contributed by atoms with Gasteiger partial charge in [-0.25, -0.2) is 0 Å². The molecule has 16 heavy (non-hydrogen) atoms. The average molecular weight is 232 g/mol. The first-order chi connectivity index (χ1) is 7.77. The molecule has 2 rings (SSSR count). The SMILES string of the molecule is Cc1cccnc1CN[C@H](C)c1cccs1. The van der Waals surface area contributed by atoms with E-state index in [-0.39, 0.29) is 0 Å². The molecule has 0 amide bonds. The van der Waals surface area contributed by atoms with Crippen LogP contribution in [0.3, 0.4) is 0 Å². The van der Waals surface area contributed by atoms with Crippen molar-refractivity contribution in [2.24, 2.45) is 0 Å². The number of nitrogens with zero attached hydrogens (tertiary/aromatic N) is 1. The molecule has 0 aromatic carbocycles. The van der Waals surface area contributed by atoms with Crippen LogP contribution in [0.2, 0.25) is 0 Å². The van der Waals surface area contributed by atoms with Crippen molar-refractivity contribution < 1.29 is 0 Å². The fourth-order valence-corrected chi connectivity index (χ4v) is 2.35. The molecule has 84 valence electrons. The molecule has 0 unspecified atom stereocenters. The van der Waals surface area contributed by atoms with Crippen LogP contribution in [-0.2, 0) is 6.54 Å². The predicted octanol–water partition coefficient (Wildman–Crippen LogP) is 3.30. The van der Waals surface area contributed by atoms with Gasteiger partial charge in [-0.1, -0.05) is 12.1 Å². The lowest BCUT2D eigenvalue weighted by atomic mass is 10.2. The van der Waals surface area contributed by atoms with Crippen LogP contribution in [0.5, 0.6) is 0 Å². The zero-order chi connectivity index (χ0) is 11.4. The maximum Gasteiger partial charge on any atom is 0.0570 e. The summed E-state index contributed by atoms with van der Waals surface area (Å²) in [6.07, 6.45) is 1.85. The molecule has 3 heteroatoms. The maximum absolute atomic E-state index is 4.37. The smallest absolute Gasteiger partial charge is 0.0570 e. The van der Waals surface area contributed by atoms with Crippen molar-refractivity contribution in [2.45, 2.75) is 26.4 Å². The minimum absolute atomic E-state index is 0.390. The Kier molecular flexibility index (Phi) is 3.70. The Labute approximate surface area is 100 Å². The molecular formula is C13H16N2S. The van der Waals surface area contributed by atoms with Crippen LogP contribution in [0, 0.1) is 6.92 Å². The molecular weight excluding hydrogens is 216 g/mol. The number of nitrogens with one attached hydrogen (secondary N) is 1. The minimum atomic E-state index is 0.390. The Morgan fingerprint density at radius 1 is 1.38 bits per heavy atom. The van der Waals surface area contributed by atoms with E-state index in [9.17, 15) is 0 Å². The molecule has 0 aliphatic rings. The van der Waals surface area contributed by atoms with E-state index in [2.05, 4.69) is 47.7 Å². The van der Waals surface area contributed by atoms with Gasteiger partial charge in [-0.3, -0.25) is 4.98 Å². The van der Waals surface area contributed by atoms with E-state index in [0.29, 0.717) is 6.04 Å². The van der Waals surface area contributed by atoms with Crippen molar-refractivity contribution in [2.75, 3.05) is 0 Å². The number of aryl methyl sites for hydroxylation is 1. The first-order valence-corrected chi connectivity index (χ1v) is 6.32. The summed E-state index contributed by atoms with van der Waals surface area (Å²) in [6, 6.07) is 8.71. The molecule has 0 aliphatic heterocycles. The van der Waals surface area contributed by atoms with Crippen molar-refractivity contribution in [1.29, 1.82) is 0 Å². The van der Waals surface area contributed by atoms with Crippen molar-refractivity contribution in [1.82, 2.24) is 10.3 Å². The van der Waals surface area contributed by atoms with Gasteiger partial charge in [0.05, 0.1) is 5.69 Å². The predicted molar refractivity (Wildman–Crippen MR) is 68.5 cm³/mol. The van der Waals surface area contributed by atoms with E-state index >= 15 is 0 Å². The molecule has 0 saturated carbocycles. The van der Waals surface area contributed by atoms with E-state index < -0.39 is 0 Å². The van der Waals surface area contributed by atoms with E-state index in [0.717, 1.165) is 12.2 Å². The highest BCUT2D eigenvalue weighted by Crippen LogP contribution is 2.18. The quantitative estimate of drug-likeness (QED) is 0.875. The molecule has 1 atom stereocenters. The van der Waals surface area contributed by atoms with Gasteiger partial charge in [-0.05, 0) is 36.9 Å². The largest absolute Gasteiger partial charge is 0.304 e. The summed E-state index contributed by atoms with van der Waals surface area (Å²) < 4.78 is 0. The third-order valence-corrected chi connectivity index (χ3v) is 3.72. The highest BCUT2D eigenvalue weighted by molar-refractivity contribution is 7.10. The first kappa shape index (κ1) is 11.3. The van der Waals surface area contributed by atoms with Crippen LogP contribution in [0.4, 0.5) is 0 Å². The topological polar surface area (TPSA) is 24.9 Å². The van der Waals surface area contributed by atoms with Gasteiger partial charge in [0.25, 0.3) is 0 Å². The van der Waals surface area contributed by atoms with E-state index in [1.807, 2.05) is 12.3 Å². The summed E-state index contributed by atoms with van der Waals surface area (Å²) in [5, 5.41) is 5.60. The molecule has 2 heterocycles. The summed E-state index contributed by atoms with van der Waals surface area (Å²) in [4.78, 5) is 5.74. The lowest BCUT2D eigenvalue weighted by Crippen LogP contribution is -2.18. The lowest BCUT2D eigenvalue weighted by Gasteiger charge is -2.12. The van der Waals surface area contributed by atoms with E-state index in [1.54, 1.807) is 11.3 Å². The summed E-state index contributed by atoms with van der Waals surface area (Å²) in [7, 11) is 0. The second-order valence-electron chi connectivity index (χ2n) is 3.89. The van der Waals surface area contributed by atoms with Crippen LogP contribution in [0.1, 0.15) is 29.1 Å². The standard InChI is InChI=1S/C13H16N2S/c1-10-5-3-7-14-12(10)9-15-11(2)13-6-4-8-16-13/h3-8,11,15H,9H2,1-2H3/t11-/m1/s1. The molecule has 0 saturated heterocycles. The number of pyridine rings is 1. The molecule has 2 nitrogen and oxygen atoms in total. The van der Waals surface area contributed by atoms with Gasteiger partial charge in [-0.2, -0.15) is 0 Å². The normalized spacial score (nSPS) is 12.6. The van der Waals surface area contributed by atoms with Gasteiger partial charge in [0.15, 0.2) is 0 Å². The molecule has 2 aromatic rings. The van der Waals surface area contributed by atoms with Crippen molar-refractivity contribution in [3.05, 3.63) is 52.0 Å². The van der Waals surface area contributed by atoms with Crippen LogP contribution >= 0.6 is 11.3 Å². The summed E-state index contributed by atoms with van der Waals surface area (Å²) in [5.74, 6) is 0. The van der Waals surface area contributed by atoms with Gasteiger partial charge in [0, 0.05) is 23.7 Å². The third-order valence-electron chi connectivity index (χ3n) is 2.66.